The highest BCUT2D eigenvalue weighted by atomic mass is 17.1. The van der Waals surface area contributed by atoms with Crippen LogP contribution in [-0.2, 0) is 9.68 Å². The van der Waals surface area contributed by atoms with Gasteiger partial charge in [0, 0.05) is 0 Å². The highest BCUT2D eigenvalue weighted by molar-refractivity contribution is 5.73. The molecule has 0 amide bonds. The molecule has 0 saturated carbocycles. The lowest BCUT2D eigenvalue weighted by atomic mass is 9.88. The number of hydrogen-bond acceptors (Lipinski definition) is 3. The van der Waals surface area contributed by atoms with Crippen LogP contribution in [0.5, 0.6) is 0 Å². The molecule has 4 heteroatoms. The molecule has 0 aromatic rings. The van der Waals surface area contributed by atoms with Crippen molar-refractivity contribution in [1.82, 2.24) is 0 Å². The van der Waals surface area contributed by atoms with Crippen molar-refractivity contribution in [2.75, 3.05) is 6.61 Å². The number of carbonyl (C=O) groups is 1. The Morgan fingerprint density at radius 1 is 1.55 bits per heavy atom. The third kappa shape index (κ3) is 3.95. The molecule has 11 heavy (non-hydrogen) atoms. The van der Waals surface area contributed by atoms with E-state index in [1.54, 1.807) is 13.8 Å². The van der Waals surface area contributed by atoms with Gasteiger partial charge in [0.2, 0.25) is 0 Å². The first kappa shape index (κ1) is 10.4. The number of hydrogen-bond donors (Lipinski definition) is 2. The molecular weight excluding hydrogens is 148 g/mol. The Hall–Kier alpha value is -0.610. The predicted octanol–water partition coefficient (Wildman–Crippen LogP) is 1.37. The Bertz CT molecular complexity index is 130. The quantitative estimate of drug-likeness (QED) is 0.364. The minimum absolute atomic E-state index is 0.191. The van der Waals surface area contributed by atoms with Crippen molar-refractivity contribution in [3.05, 3.63) is 0 Å². The van der Waals surface area contributed by atoms with E-state index in [0.29, 0.717) is 12.8 Å². The zero-order valence-corrected chi connectivity index (χ0v) is 6.83. The number of rotatable bonds is 5. The molecular formula is C7H14O4. The summed E-state index contributed by atoms with van der Waals surface area (Å²) in [4.78, 5) is 14.3. The summed E-state index contributed by atoms with van der Waals surface area (Å²) in [5.41, 5.74) is -0.724. The predicted molar refractivity (Wildman–Crippen MR) is 39.2 cm³/mol. The van der Waals surface area contributed by atoms with Crippen LogP contribution >= 0.6 is 0 Å². The Kier molecular flexibility index (Phi) is 4.07. The molecule has 0 aliphatic heterocycles. The number of carboxylic acids is 1. The van der Waals surface area contributed by atoms with Gasteiger partial charge in [-0.2, -0.15) is 0 Å². The fourth-order valence-corrected chi connectivity index (χ4v) is 0.686. The second kappa shape index (κ2) is 4.31. The van der Waals surface area contributed by atoms with Gasteiger partial charge in [-0.15, -0.1) is 0 Å². The van der Waals surface area contributed by atoms with Crippen molar-refractivity contribution < 1.29 is 20.0 Å². The minimum atomic E-state index is -0.824. The van der Waals surface area contributed by atoms with Gasteiger partial charge in [-0.1, -0.05) is 0 Å². The summed E-state index contributed by atoms with van der Waals surface area (Å²) in [6, 6.07) is 0. The summed E-state index contributed by atoms with van der Waals surface area (Å²) >= 11 is 0. The van der Waals surface area contributed by atoms with Gasteiger partial charge in [0.15, 0.2) is 0 Å². The first-order valence-corrected chi connectivity index (χ1v) is 3.50. The molecule has 0 spiro atoms. The highest BCUT2D eigenvalue weighted by Gasteiger charge is 2.25. The molecule has 0 fully saturated rings. The van der Waals surface area contributed by atoms with Crippen LogP contribution in [0.25, 0.3) is 0 Å². The summed E-state index contributed by atoms with van der Waals surface area (Å²) in [5, 5.41) is 16.6. The second-order valence-corrected chi connectivity index (χ2v) is 3.13. The maximum absolute atomic E-state index is 10.5. The average Bonchev–Trinajstić information content (AvgIpc) is 1.88. The Morgan fingerprint density at radius 3 is 2.45 bits per heavy atom. The maximum Gasteiger partial charge on any atom is 0.309 e. The molecule has 0 aromatic carbocycles. The Labute approximate surface area is 65.7 Å². The van der Waals surface area contributed by atoms with Crippen LogP contribution in [0.1, 0.15) is 26.7 Å². The van der Waals surface area contributed by atoms with E-state index < -0.39 is 11.4 Å². The van der Waals surface area contributed by atoms with Crippen LogP contribution in [0, 0.1) is 5.41 Å². The van der Waals surface area contributed by atoms with Gasteiger partial charge < -0.3 is 5.11 Å². The highest BCUT2D eigenvalue weighted by Crippen LogP contribution is 2.21. The van der Waals surface area contributed by atoms with E-state index in [0.717, 1.165) is 0 Å². The van der Waals surface area contributed by atoms with E-state index >= 15 is 0 Å². The van der Waals surface area contributed by atoms with Crippen molar-refractivity contribution in [3.8, 4) is 0 Å². The van der Waals surface area contributed by atoms with Gasteiger partial charge in [-0.3, -0.25) is 10.1 Å². The first-order chi connectivity index (χ1) is 5.00. The lowest BCUT2D eigenvalue weighted by Crippen LogP contribution is -2.23. The van der Waals surface area contributed by atoms with E-state index in [1.807, 2.05) is 0 Å². The lowest BCUT2D eigenvalue weighted by Gasteiger charge is -2.17. The third-order valence-electron chi connectivity index (χ3n) is 1.62. The van der Waals surface area contributed by atoms with Crippen LogP contribution in [0.4, 0.5) is 0 Å². The third-order valence-corrected chi connectivity index (χ3v) is 1.62. The van der Waals surface area contributed by atoms with Gasteiger partial charge in [0.25, 0.3) is 0 Å². The number of aliphatic carboxylic acids is 1. The van der Waals surface area contributed by atoms with Gasteiger partial charge in [-0.05, 0) is 26.7 Å². The molecule has 0 radical (unpaired) electrons. The van der Waals surface area contributed by atoms with E-state index in [1.165, 1.54) is 0 Å². The SMILES string of the molecule is CC(C)(CCCOO)C(=O)O. The van der Waals surface area contributed by atoms with Crippen molar-refractivity contribution in [2.24, 2.45) is 5.41 Å². The molecule has 0 atom stereocenters. The molecule has 0 aromatic heterocycles. The maximum atomic E-state index is 10.5. The van der Waals surface area contributed by atoms with E-state index in [-0.39, 0.29) is 6.61 Å². The van der Waals surface area contributed by atoms with Gasteiger partial charge in [-0.25, -0.2) is 4.89 Å². The molecule has 0 heterocycles. The fourth-order valence-electron chi connectivity index (χ4n) is 0.686. The summed E-state index contributed by atoms with van der Waals surface area (Å²) < 4.78 is 0. The molecule has 0 saturated heterocycles. The van der Waals surface area contributed by atoms with Crippen LogP contribution in [-0.4, -0.2) is 22.9 Å². The van der Waals surface area contributed by atoms with Crippen LogP contribution in [0.15, 0.2) is 0 Å². The van der Waals surface area contributed by atoms with Crippen molar-refractivity contribution in [2.45, 2.75) is 26.7 Å². The zero-order valence-electron chi connectivity index (χ0n) is 6.83. The van der Waals surface area contributed by atoms with Crippen LogP contribution < -0.4 is 0 Å². The molecule has 2 N–H and O–H groups in total. The van der Waals surface area contributed by atoms with E-state index in [2.05, 4.69) is 4.89 Å². The number of carboxylic acid groups (broad SMARTS) is 1. The Balaban J connectivity index is 3.64. The summed E-state index contributed by atoms with van der Waals surface area (Å²) in [6.45, 7) is 3.48. The van der Waals surface area contributed by atoms with Crippen molar-refractivity contribution in [1.29, 1.82) is 0 Å². The summed E-state index contributed by atoms with van der Waals surface area (Å²) in [5.74, 6) is -0.824. The van der Waals surface area contributed by atoms with Crippen molar-refractivity contribution >= 4 is 5.97 Å². The summed E-state index contributed by atoms with van der Waals surface area (Å²) in [7, 11) is 0. The smallest absolute Gasteiger partial charge is 0.309 e. The molecule has 0 aliphatic carbocycles. The van der Waals surface area contributed by atoms with Crippen LogP contribution in [0.3, 0.4) is 0 Å². The minimum Gasteiger partial charge on any atom is -0.481 e. The monoisotopic (exact) mass is 162 g/mol. The summed E-state index contributed by atoms with van der Waals surface area (Å²) in [6.07, 6.45) is 1.05. The van der Waals surface area contributed by atoms with Gasteiger partial charge >= 0.3 is 5.97 Å². The van der Waals surface area contributed by atoms with E-state index in [9.17, 15) is 4.79 Å². The molecule has 0 unspecified atom stereocenters. The Morgan fingerprint density at radius 2 is 2.09 bits per heavy atom. The topological polar surface area (TPSA) is 66.8 Å². The molecule has 4 nitrogen and oxygen atoms in total. The first-order valence-electron chi connectivity index (χ1n) is 3.50. The molecule has 0 bridgehead atoms. The van der Waals surface area contributed by atoms with Crippen molar-refractivity contribution in [3.63, 3.8) is 0 Å². The second-order valence-electron chi connectivity index (χ2n) is 3.13. The normalized spacial score (nSPS) is 11.5. The molecule has 66 valence electrons. The van der Waals surface area contributed by atoms with Gasteiger partial charge in [0.05, 0.1) is 12.0 Å². The zero-order chi connectivity index (χ0) is 8.91. The van der Waals surface area contributed by atoms with Gasteiger partial charge in [0.1, 0.15) is 0 Å². The molecule has 0 aliphatic rings. The standard InChI is InChI=1S/C7H14O4/c1-7(2,6(8)9)4-3-5-11-10/h10H,3-5H2,1-2H3,(H,8,9). The average molecular weight is 162 g/mol. The largest absolute Gasteiger partial charge is 0.481 e. The van der Waals surface area contributed by atoms with E-state index in [4.69, 9.17) is 10.4 Å². The lowest BCUT2D eigenvalue weighted by molar-refractivity contribution is -0.243. The van der Waals surface area contributed by atoms with Crippen LogP contribution in [0.2, 0.25) is 0 Å². The molecule has 0 rings (SSSR count). The fraction of sp³-hybridized carbons (Fsp3) is 0.857.